The SMILES string of the molecule is CCC(C)c1ccc(OCCn2c(C3CC(=O)N(c4ccc(F)cc4)C3)nc3ccccc32)cc1. The molecule has 0 N–H and O–H groups in total. The monoisotopic (exact) mass is 471 g/mol. The third-order valence-corrected chi connectivity index (χ3v) is 6.96. The molecule has 3 aromatic carbocycles. The van der Waals surface area contributed by atoms with Gasteiger partial charge in [-0.15, -0.1) is 0 Å². The summed E-state index contributed by atoms with van der Waals surface area (Å²) in [5, 5.41) is 0. The molecule has 4 aromatic rings. The molecule has 1 aliphatic rings. The molecule has 6 heteroatoms. The number of hydrogen-bond acceptors (Lipinski definition) is 3. The number of anilines is 1. The number of ether oxygens (including phenoxy) is 1. The van der Waals surface area contributed by atoms with E-state index in [1.807, 2.05) is 30.3 Å². The third-order valence-electron chi connectivity index (χ3n) is 6.96. The highest BCUT2D eigenvalue weighted by Gasteiger charge is 2.34. The Morgan fingerprint density at radius 2 is 1.80 bits per heavy atom. The molecule has 0 radical (unpaired) electrons. The van der Waals surface area contributed by atoms with E-state index in [9.17, 15) is 9.18 Å². The average molecular weight is 472 g/mol. The van der Waals surface area contributed by atoms with Gasteiger partial charge in [-0.2, -0.15) is 0 Å². The molecule has 1 aromatic heterocycles. The van der Waals surface area contributed by atoms with Crippen LogP contribution in [0.4, 0.5) is 10.1 Å². The van der Waals surface area contributed by atoms with Crippen molar-refractivity contribution in [1.29, 1.82) is 0 Å². The fraction of sp³-hybridized carbons (Fsp3) is 0.310. The second kappa shape index (κ2) is 9.90. The predicted molar refractivity (Wildman–Crippen MR) is 136 cm³/mol. The molecule has 0 spiro atoms. The zero-order chi connectivity index (χ0) is 24.4. The number of imidazole rings is 1. The number of carbonyl (C=O) groups is 1. The molecular weight excluding hydrogens is 441 g/mol. The number of halogens is 1. The van der Waals surface area contributed by atoms with Gasteiger partial charge in [-0.1, -0.05) is 38.1 Å². The Balaban J connectivity index is 1.34. The maximum Gasteiger partial charge on any atom is 0.227 e. The van der Waals surface area contributed by atoms with Crippen LogP contribution in [0.2, 0.25) is 0 Å². The summed E-state index contributed by atoms with van der Waals surface area (Å²) < 4.78 is 21.6. The van der Waals surface area contributed by atoms with Crippen LogP contribution in [-0.2, 0) is 11.3 Å². The van der Waals surface area contributed by atoms with Gasteiger partial charge in [0.2, 0.25) is 5.91 Å². The second-order valence-corrected chi connectivity index (χ2v) is 9.22. The lowest BCUT2D eigenvalue weighted by Crippen LogP contribution is -2.24. The van der Waals surface area contributed by atoms with Gasteiger partial charge in [0.1, 0.15) is 24.0 Å². The van der Waals surface area contributed by atoms with E-state index in [-0.39, 0.29) is 17.6 Å². The van der Waals surface area contributed by atoms with Crippen molar-refractivity contribution >= 4 is 22.6 Å². The van der Waals surface area contributed by atoms with Gasteiger partial charge < -0.3 is 14.2 Å². The number of amides is 1. The normalized spacial score (nSPS) is 16.7. The molecule has 1 fully saturated rings. The molecule has 0 aliphatic carbocycles. The Hall–Kier alpha value is -3.67. The molecule has 5 nitrogen and oxygen atoms in total. The Morgan fingerprint density at radius 1 is 1.06 bits per heavy atom. The van der Waals surface area contributed by atoms with E-state index in [2.05, 4.69) is 36.6 Å². The van der Waals surface area contributed by atoms with Gasteiger partial charge in [-0.3, -0.25) is 4.79 Å². The summed E-state index contributed by atoms with van der Waals surface area (Å²) in [6, 6.07) is 22.4. The Labute approximate surface area is 205 Å². The fourth-order valence-corrected chi connectivity index (χ4v) is 4.77. The zero-order valence-electron chi connectivity index (χ0n) is 20.2. The number of rotatable bonds is 8. The molecule has 180 valence electrons. The van der Waals surface area contributed by atoms with Gasteiger partial charge >= 0.3 is 0 Å². The molecule has 0 saturated carbocycles. The highest BCUT2D eigenvalue weighted by Crippen LogP contribution is 2.33. The van der Waals surface area contributed by atoms with Gasteiger partial charge in [0, 0.05) is 24.6 Å². The summed E-state index contributed by atoms with van der Waals surface area (Å²) in [7, 11) is 0. The lowest BCUT2D eigenvalue weighted by Gasteiger charge is -2.17. The number of para-hydroxylation sites is 2. The highest BCUT2D eigenvalue weighted by atomic mass is 19.1. The van der Waals surface area contributed by atoms with E-state index in [1.165, 1.54) is 17.7 Å². The van der Waals surface area contributed by atoms with E-state index >= 15 is 0 Å². The summed E-state index contributed by atoms with van der Waals surface area (Å²) in [5.41, 5.74) is 3.98. The highest BCUT2D eigenvalue weighted by molar-refractivity contribution is 5.96. The van der Waals surface area contributed by atoms with Gasteiger partial charge in [-0.05, 0) is 66.4 Å². The maximum absolute atomic E-state index is 13.4. The number of hydrogen-bond donors (Lipinski definition) is 0. The molecule has 2 atom stereocenters. The van der Waals surface area contributed by atoms with E-state index < -0.39 is 0 Å². The molecule has 1 aliphatic heterocycles. The van der Waals surface area contributed by atoms with Gasteiger partial charge in [-0.25, -0.2) is 9.37 Å². The van der Waals surface area contributed by atoms with Crippen LogP contribution >= 0.6 is 0 Å². The Morgan fingerprint density at radius 3 is 2.54 bits per heavy atom. The van der Waals surface area contributed by atoms with Gasteiger partial charge in [0.05, 0.1) is 17.6 Å². The topological polar surface area (TPSA) is 47.4 Å². The van der Waals surface area contributed by atoms with Crippen molar-refractivity contribution in [2.75, 3.05) is 18.1 Å². The molecule has 5 rings (SSSR count). The van der Waals surface area contributed by atoms with Crippen molar-refractivity contribution in [3.63, 3.8) is 0 Å². The number of fused-ring (bicyclic) bond motifs is 1. The average Bonchev–Trinajstić information content (AvgIpc) is 3.45. The number of aromatic nitrogens is 2. The molecule has 1 amide bonds. The van der Waals surface area contributed by atoms with E-state index in [1.54, 1.807) is 17.0 Å². The van der Waals surface area contributed by atoms with Crippen molar-refractivity contribution < 1.29 is 13.9 Å². The summed E-state index contributed by atoms with van der Waals surface area (Å²) in [5.74, 6) is 1.94. The number of carbonyl (C=O) groups excluding carboxylic acids is 1. The van der Waals surface area contributed by atoms with Crippen LogP contribution in [0.5, 0.6) is 5.75 Å². The Bertz CT molecular complexity index is 1310. The largest absolute Gasteiger partial charge is 0.492 e. The predicted octanol–water partition coefficient (Wildman–Crippen LogP) is 6.29. The van der Waals surface area contributed by atoms with Crippen molar-refractivity contribution in [1.82, 2.24) is 9.55 Å². The van der Waals surface area contributed by atoms with Crippen LogP contribution in [0.25, 0.3) is 11.0 Å². The minimum absolute atomic E-state index is 0.0258. The standard InChI is InChI=1S/C29H30FN3O2/c1-3-20(2)21-8-14-25(15-9-21)35-17-16-32-27-7-5-4-6-26(27)31-29(32)22-18-28(34)33(19-22)24-12-10-23(30)11-13-24/h4-15,20,22H,3,16-19H2,1-2H3. The van der Waals surface area contributed by atoms with Crippen molar-refractivity contribution in [3.05, 3.63) is 90.0 Å². The van der Waals surface area contributed by atoms with Crippen LogP contribution in [0.15, 0.2) is 72.8 Å². The third kappa shape index (κ3) is 4.78. The van der Waals surface area contributed by atoms with Gasteiger partial charge in [0.15, 0.2) is 0 Å². The number of benzene rings is 3. The molecule has 2 heterocycles. The summed E-state index contributed by atoms with van der Waals surface area (Å²) in [4.78, 5) is 19.5. The van der Waals surface area contributed by atoms with Crippen LogP contribution in [0.3, 0.4) is 0 Å². The second-order valence-electron chi connectivity index (χ2n) is 9.22. The summed E-state index contributed by atoms with van der Waals surface area (Å²) >= 11 is 0. The van der Waals surface area contributed by atoms with Crippen molar-refractivity contribution in [2.24, 2.45) is 0 Å². The fourth-order valence-electron chi connectivity index (χ4n) is 4.77. The lowest BCUT2D eigenvalue weighted by atomic mass is 9.99. The van der Waals surface area contributed by atoms with Crippen molar-refractivity contribution in [2.45, 2.75) is 45.1 Å². The zero-order valence-corrected chi connectivity index (χ0v) is 20.2. The summed E-state index contributed by atoms with van der Waals surface area (Å²) in [6.45, 7) is 6.07. The molecule has 35 heavy (non-hydrogen) atoms. The lowest BCUT2D eigenvalue weighted by molar-refractivity contribution is -0.117. The minimum atomic E-state index is -0.312. The van der Waals surface area contributed by atoms with Crippen LogP contribution in [-0.4, -0.2) is 28.6 Å². The van der Waals surface area contributed by atoms with Crippen LogP contribution in [0.1, 0.15) is 49.9 Å². The van der Waals surface area contributed by atoms with Crippen molar-refractivity contribution in [3.8, 4) is 5.75 Å². The first-order valence-electron chi connectivity index (χ1n) is 12.3. The van der Waals surface area contributed by atoms with Crippen LogP contribution in [0, 0.1) is 5.82 Å². The number of nitrogens with zero attached hydrogens (tertiary/aromatic N) is 3. The van der Waals surface area contributed by atoms with Gasteiger partial charge in [0.25, 0.3) is 0 Å². The van der Waals surface area contributed by atoms with E-state index in [4.69, 9.17) is 9.72 Å². The molecule has 0 bridgehead atoms. The maximum atomic E-state index is 13.4. The first-order valence-corrected chi connectivity index (χ1v) is 12.3. The first-order chi connectivity index (χ1) is 17.0. The Kier molecular flexibility index (Phi) is 6.53. The first kappa shape index (κ1) is 23.1. The molecule has 2 unspecified atom stereocenters. The quantitative estimate of drug-likeness (QED) is 0.303. The smallest absolute Gasteiger partial charge is 0.227 e. The minimum Gasteiger partial charge on any atom is -0.492 e. The van der Waals surface area contributed by atoms with E-state index in [0.29, 0.717) is 37.7 Å². The molecular formula is C29H30FN3O2. The van der Waals surface area contributed by atoms with E-state index in [0.717, 1.165) is 29.0 Å². The summed E-state index contributed by atoms with van der Waals surface area (Å²) in [6.07, 6.45) is 1.48. The molecule has 1 saturated heterocycles. The van der Waals surface area contributed by atoms with Crippen LogP contribution < -0.4 is 9.64 Å².